The van der Waals surface area contributed by atoms with Crippen LogP contribution < -0.4 is 27.6 Å². The van der Waals surface area contributed by atoms with Gasteiger partial charge in [0, 0.05) is 43.5 Å². The van der Waals surface area contributed by atoms with E-state index < -0.39 is 52.9 Å². The van der Waals surface area contributed by atoms with Crippen LogP contribution in [0.5, 0.6) is 0 Å². The molecule has 1 fully saturated rings. The van der Waals surface area contributed by atoms with Crippen molar-refractivity contribution in [3.05, 3.63) is 121 Å². The molecule has 4 aromatic rings. The van der Waals surface area contributed by atoms with Crippen LogP contribution in [0.3, 0.4) is 0 Å². The Morgan fingerprint density at radius 2 is 1.62 bits per heavy atom. The Balaban J connectivity index is 1.52. The van der Waals surface area contributed by atoms with Crippen molar-refractivity contribution in [1.82, 2.24) is 14.0 Å². The van der Waals surface area contributed by atoms with Crippen molar-refractivity contribution in [2.45, 2.75) is 38.8 Å². The molecule has 0 bridgehead atoms. The number of rotatable bonds is 9. The molecule has 3 heterocycles. The van der Waals surface area contributed by atoms with E-state index in [9.17, 15) is 31.9 Å². The van der Waals surface area contributed by atoms with Gasteiger partial charge in [-0.1, -0.05) is 36.4 Å². The number of aromatic nitrogens is 2. The largest absolute Gasteiger partial charge is 0.455 e. The summed E-state index contributed by atoms with van der Waals surface area (Å²) in [6.07, 6.45) is -4.87. The minimum atomic E-state index is -4.87. The Hall–Kier alpha value is -4.69. The third kappa shape index (κ3) is 6.71. The van der Waals surface area contributed by atoms with Crippen molar-refractivity contribution in [2.75, 3.05) is 31.1 Å². The molecule has 0 radical (unpaired) electrons. The van der Waals surface area contributed by atoms with Gasteiger partial charge in [-0.15, -0.1) is 0 Å². The predicted octanol–water partition coefficient (Wildman–Crippen LogP) is 3.24. The van der Waals surface area contributed by atoms with Gasteiger partial charge >= 0.3 is 11.9 Å². The van der Waals surface area contributed by atoms with E-state index in [2.05, 4.69) is 0 Å². The van der Waals surface area contributed by atoms with Crippen LogP contribution in [-0.4, -0.2) is 46.1 Å². The summed E-state index contributed by atoms with van der Waals surface area (Å²) in [6.45, 7) is 2.42. The molecule has 45 heavy (non-hydrogen) atoms. The maximum absolute atomic E-state index is 14.9. The number of amides is 1. The van der Waals surface area contributed by atoms with Gasteiger partial charge in [0.15, 0.2) is 5.76 Å². The van der Waals surface area contributed by atoms with Crippen LogP contribution in [0.25, 0.3) is 0 Å². The second-order valence-corrected chi connectivity index (χ2v) is 10.9. The number of carbonyl (C=O) groups is 1. The van der Waals surface area contributed by atoms with E-state index in [0.717, 1.165) is 27.3 Å². The third-order valence-corrected chi connectivity index (χ3v) is 7.98. The second-order valence-electron chi connectivity index (χ2n) is 10.9. The van der Waals surface area contributed by atoms with E-state index in [1.807, 2.05) is 4.90 Å². The molecule has 2 aromatic heterocycles. The lowest BCUT2D eigenvalue weighted by atomic mass is 10.1. The monoisotopic (exact) mass is 628 g/mol. The lowest BCUT2D eigenvalue weighted by molar-refractivity contribution is -0.138. The number of furan rings is 1. The summed E-state index contributed by atoms with van der Waals surface area (Å²) in [4.78, 5) is 42.9. The molecule has 5 rings (SSSR count). The highest BCUT2D eigenvalue weighted by Crippen LogP contribution is 2.33. The summed E-state index contributed by atoms with van der Waals surface area (Å²) >= 11 is 0. The highest BCUT2D eigenvalue weighted by molar-refractivity contribution is 5.89. The van der Waals surface area contributed by atoms with Crippen LogP contribution in [0.2, 0.25) is 0 Å². The summed E-state index contributed by atoms with van der Waals surface area (Å²) < 4.78 is 63.9. The molecule has 0 aliphatic carbocycles. The number of nitrogens with two attached hydrogens (primary N) is 2. The third-order valence-electron chi connectivity index (χ3n) is 7.98. The number of primary amides is 1. The number of benzene rings is 2. The molecule has 1 aliphatic heterocycles. The summed E-state index contributed by atoms with van der Waals surface area (Å²) in [6, 6.07) is 13.7. The van der Waals surface area contributed by atoms with Crippen LogP contribution in [0.1, 0.15) is 44.7 Å². The topological polar surface area (TPSA) is 133 Å². The summed E-state index contributed by atoms with van der Waals surface area (Å²) in [5, 5.41) is 0. The predicted molar refractivity (Wildman–Crippen MR) is 158 cm³/mol. The van der Waals surface area contributed by atoms with Gasteiger partial charge in [0.1, 0.15) is 17.3 Å². The summed E-state index contributed by atoms with van der Waals surface area (Å²) in [7, 11) is 0. The number of halogens is 4. The molecule has 1 unspecified atom stereocenters. The molecular formula is C31H32F4N6O4. The fraction of sp³-hybridized carbons (Fsp3) is 0.323. The van der Waals surface area contributed by atoms with Gasteiger partial charge in [-0.3, -0.25) is 23.6 Å². The Labute approximate surface area is 255 Å². The van der Waals surface area contributed by atoms with E-state index in [1.54, 1.807) is 41.3 Å². The van der Waals surface area contributed by atoms with Crippen molar-refractivity contribution in [3.8, 4) is 0 Å². The smallest absolute Gasteiger partial charge is 0.416 e. The second kappa shape index (κ2) is 12.7. The SMILES string of the molecule is Cc1c(N2CCN(Cc3ccc(C(N)=O)o3)CC2)c(=O)n(CC(N)c2ccccc2)c(=O)n1Cc1c(F)cccc1C(F)(F)F. The van der Waals surface area contributed by atoms with E-state index in [1.165, 1.54) is 13.0 Å². The fourth-order valence-corrected chi connectivity index (χ4v) is 5.59. The average molecular weight is 629 g/mol. The fourth-order valence-electron chi connectivity index (χ4n) is 5.59. The Kier molecular flexibility index (Phi) is 8.98. The Morgan fingerprint density at radius 3 is 2.24 bits per heavy atom. The normalized spacial score (nSPS) is 14.9. The first-order chi connectivity index (χ1) is 21.3. The molecule has 10 nitrogen and oxygen atoms in total. The standard InChI is InChI=1S/C31H32F4N6O4/c1-19-27(39-14-12-38(13-15-39)16-21-10-11-26(45-21)28(37)42)29(43)41(18-25(36)20-6-3-2-4-7-20)30(44)40(19)17-22-23(31(33,34)35)8-5-9-24(22)32/h2-11,25H,12-18,36H2,1H3,(H2,37,42). The first kappa shape index (κ1) is 31.7. The molecule has 1 amide bonds. The Bertz CT molecular complexity index is 1810. The van der Waals surface area contributed by atoms with E-state index in [-0.39, 0.29) is 23.7 Å². The van der Waals surface area contributed by atoms with Crippen molar-refractivity contribution >= 4 is 11.6 Å². The van der Waals surface area contributed by atoms with Crippen molar-refractivity contribution in [1.29, 1.82) is 0 Å². The van der Waals surface area contributed by atoms with Gasteiger partial charge < -0.3 is 20.8 Å². The zero-order chi connectivity index (χ0) is 32.5. The number of anilines is 1. The van der Waals surface area contributed by atoms with Gasteiger partial charge in [-0.25, -0.2) is 9.18 Å². The summed E-state index contributed by atoms with van der Waals surface area (Å²) in [5.74, 6) is -1.23. The van der Waals surface area contributed by atoms with Crippen LogP contribution in [0, 0.1) is 12.7 Å². The number of hydrogen-bond donors (Lipinski definition) is 2. The molecule has 4 N–H and O–H groups in total. The molecule has 2 aromatic carbocycles. The molecule has 238 valence electrons. The van der Waals surface area contributed by atoms with Gasteiger partial charge in [-0.05, 0) is 36.8 Å². The molecular weight excluding hydrogens is 596 g/mol. The van der Waals surface area contributed by atoms with Crippen molar-refractivity contribution < 1.29 is 26.8 Å². The summed E-state index contributed by atoms with van der Waals surface area (Å²) in [5.41, 5.74) is 9.06. The maximum Gasteiger partial charge on any atom is 0.416 e. The lowest BCUT2D eigenvalue weighted by Crippen LogP contribution is -2.51. The van der Waals surface area contributed by atoms with Crippen molar-refractivity contribution in [3.63, 3.8) is 0 Å². The van der Waals surface area contributed by atoms with E-state index >= 15 is 0 Å². The van der Waals surface area contributed by atoms with Crippen LogP contribution in [0.4, 0.5) is 23.2 Å². The number of hydrogen-bond acceptors (Lipinski definition) is 7. The first-order valence-corrected chi connectivity index (χ1v) is 14.2. The molecule has 1 saturated heterocycles. The maximum atomic E-state index is 14.9. The molecule has 1 aliphatic rings. The zero-order valence-electron chi connectivity index (χ0n) is 24.4. The van der Waals surface area contributed by atoms with E-state index in [4.69, 9.17) is 15.9 Å². The quantitative estimate of drug-likeness (QED) is 0.272. The molecule has 0 saturated carbocycles. The molecule has 1 atom stereocenters. The highest BCUT2D eigenvalue weighted by atomic mass is 19.4. The van der Waals surface area contributed by atoms with Gasteiger partial charge in [0.2, 0.25) is 0 Å². The van der Waals surface area contributed by atoms with Gasteiger partial charge in [0.05, 0.1) is 25.2 Å². The van der Waals surface area contributed by atoms with Crippen LogP contribution >= 0.6 is 0 Å². The van der Waals surface area contributed by atoms with Gasteiger partial charge in [0.25, 0.3) is 11.5 Å². The minimum absolute atomic E-state index is 0.0410. The van der Waals surface area contributed by atoms with Gasteiger partial charge in [-0.2, -0.15) is 13.2 Å². The lowest BCUT2D eigenvalue weighted by Gasteiger charge is -2.36. The van der Waals surface area contributed by atoms with Crippen LogP contribution in [-0.2, 0) is 25.8 Å². The highest BCUT2D eigenvalue weighted by Gasteiger charge is 2.35. The first-order valence-electron chi connectivity index (χ1n) is 14.2. The molecule has 14 heteroatoms. The number of nitrogens with zero attached hydrogens (tertiary/aromatic N) is 4. The average Bonchev–Trinajstić information content (AvgIpc) is 3.48. The van der Waals surface area contributed by atoms with Crippen LogP contribution in [0.15, 0.2) is 74.7 Å². The van der Waals surface area contributed by atoms with Crippen molar-refractivity contribution in [2.24, 2.45) is 11.5 Å². The number of carbonyl (C=O) groups excluding carboxylic acids is 1. The number of piperazine rings is 1. The van der Waals surface area contributed by atoms with E-state index in [0.29, 0.717) is 44.0 Å². The minimum Gasteiger partial charge on any atom is -0.455 e. The Morgan fingerprint density at radius 1 is 0.933 bits per heavy atom. The molecule has 0 spiro atoms. The zero-order valence-corrected chi connectivity index (χ0v) is 24.4. The number of alkyl halides is 3.